The molecule has 16 nitrogen and oxygen atoms in total. The number of aldehydes is 1. The van der Waals surface area contributed by atoms with E-state index in [1.807, 2.05) is 19.1 Å². The SMILES string of the molecule is CCCCCCCCC1(CCCCCCCC)c2ccccc2-c2ccc(-c3ccc4c(c3)C(c3cc(C=[O+][O-])c(C)c(COCCOCCOCCO)c3)(c3cc(OCCOCCOCCOC)c(OCCOCCOCCOC)c(C(=O)[O-])c3)c3cc(-c5ccc6c(c5)C(CCCCCCCC)(CCCCCCCC)c5ccccc5-6)ccc3-4)cc21.[Cs+].[Cs+]. The zero-order chi connectivity index (χ0) is 86.3. The molecule has 11 rings (SSSR count). The van der Waals surface area contributed by atoms with Gasteiger partial charge in [-0.2, -0.15) is 4.58 Å². The first-order valence-corrected chi connectivity index (χ1v) is 46.8. The van der Waals surface area contributed by atoms with Gasteiger partial charge in [-0.25, -0.2) is 0 Å². The fourth-order valence-corrected chi connectivity index (χ4v) is 19.5. The summed E-state index contributed by atoms with van der Waals surface area (Å²) in [5, 5.41) is 37.2. The van der Waals surface area contributed by atoms with Gasteiger partial charge in [0.25, 0.3) is 0 Å². The summed E-state index contributed by atoms with van der Waals surface area (Å²) < 4.78 is 70.7. The molecule has 0 saturated carbocycles. The van der Waals surface area contributed by atoms with Gasteiger partial charge >= 0.3 is 144 Å². The standard InChI is InChI=1S/C107H142O16.2Cs/c1-8-12-16-20-24-32-48-105(49-33-25-21-17-13-9-2)96-38-30-28-36-89(96)91-44-40-81(72-98(91)105)83-42-46-93-94-47-43-84(82-41-45-92-90-37-29-31-39-97(90)106(99(92)73-82,50-34-26-22-18-14-10-3)51-35-27-23-19-15-11-4)75-101(94)107(100(93)74-83,87-70-85(80(5)86(71-87)79-123-111)78-120-65-64-117-59-58-114-53-52-108)88-76-95(104(109)110)103(122-69-67-119-63-61-116-57-55-113-7)102(77-88)121-68-66-118-62-60-115-56-54-112-6;;/h28-31,36-47,70-77,79,108H,8-27,32-35,48-69,78H2,1-7H3,(H,109,110);;/q;2*+1/p-1. The van der Waals surface area contributed by atoms with E-state index in [0.29, 0.717) is 69.5 Å². The number of aliphatic hydroxyl groups is 1. The van der Waals surface area contributed by atoms with Crippen molar-refractivity contribution in [2.24, 2.45) is 0 Å². The quantitative estimate of drug-likeness (QED) is 0.0124. The molecule has 0 fully saturated rings. The summed E-state index contributed by atoms with van der Waals surface area (Å²) in [6, 6.07) is 54.5. The van der Waals surface area contributed by atoms with Crippen molar-refractivity contribution < 1.29 is 215 Å². The van der Waals surface area contributed by atoms with Gasteiger partial charge in [-0.1, -0.05) is 285 Å². The molecule has 0 bridgehead atoms. The average Bonchev–Trinajstić information content (AvgIpc) is 1.53. The summed E-state index contributed by atoms with van der Waals surface area (Å²) in [4.78, 5) is 14.7. The number of unbranched alkanes of at least 4 members (excludes halogenated alkanes) is 20. The molecule has 0 amide bonds. The Kier molecular flexibility index (Phi) is 47.6. The number of benzene rings is 8. The molecule has 0 radical (unpaired) electrons. The minimum Gasteiger partial charge on any atom is -0.545 e. The van der Waals surface area contributed by atoms with E-state index in [0.717, 1.165) is 107 Å². The molecule has 0 aromatic heterocycles. The number of ether oxygens (including phenoxy) is 11. The zero-order valence-corrected chi connectivity index (χ0v) is 89.8. The first-order valence-electron chi connectivity index (χ1n) is 46.8. The van der Waals surface area contributed by atoms with Crippen LogP contribution in [0.3, 0.4) is 0 Å². The van der Waals surface area contributed by atoms with E-state index >= 15 is 0 Å². The number of rotatable bonds is 64. The number of aliphatic hydroxyl groups excluding tert-OH is 1. The molecule has 0 saturated heterocycles. The van der Waals surface area contributed by atoms with Crippen molar-refractivity contribution in [2.45, 2.75) is 237 Å². The molecule has 18 heteroatoms. The molecular weight excluding hydrogens is 1810 g/mol. The number of carbonyl (C=O) groups excluding carboxylic acids is 2. The third kappa shape index (κ3) is 27.6. The molecule has 0 atom stereocenters. The Morgan fingerprint density at radius 3 is 1.12 bits per heavy atom. The maximum atomic E-state index is 14.7. The second-order valence-corrected chi connectivity index (χ2v) is 34.0. The number of hydrogen-bond donors (Lipinski definition) is 1. The minimum absolute atomic E-state index is 0. The normalized spacial score (nSPS) is 13.4. The predicted molar refractivity (Wildman–Crippen MR) is 490 cm³/mol. The van der Waals surface area contributed by atoms with Crippen LogP contribution in [0.15, 0.2) is 146 Å². The van der Waals surface area contributed by atoms with E-state index in [-0.39, 0.29) is 238 Å². The van der Waals surface area contributed by atoms with Crippen molar-refractivity contribution >= 4 is 12.3 Å². The Bertz CT molecular complexity index is 4360. The van der Waals surface area contributed by atoms with Crippen LogP contribution in [0.25, 0.3) is 55.6 Å². The van der Waals surface area contributed by atoms with Crippen molar-refractivity contribution in [3.05, 3.63) is 212 Å². The van der Waals surface area contributed by atoms with Crippen LogP contribution >= 0.6 is 0 Å². The summed E-state index contributed by atoms with van der Waals surface area (Å²) in [6.07, 6.45) is 34.5. The molecule has 666 valence electrons. The van der Waals surface area contributed by atoms with Crippen LogP contribution in [0.5, 0.6) is 11.5 Å². The van der Waals surface area contributed by atoms with Crippen LogP contribution in [0, 0.1) is 6.92 Å². The third-order valence-electron chi connectivity index (χ3n) is 25.8. The van der Waals surface area contributed by atoms with Gasteiger partial charge in [-0.15, -0.1) is 0 Å². The van der Waals surface area contributed by atoms with Gasteiger partial charge in [-0.3, -0.25) is 0 Å². The van der Waals surface area contributed by atoms with E-state index < -0.39 is 11.4 Å². The van der Waals surface area contributed by atoms with Crippen LogP contribution in [-0.2, 0) is 65.5 Å². The number of fused-ring (bicyclic) bond motifs is 9. The smallest absolute Gasteiger partial charge is 0.545 e. The number of hydrogen-bond acceptors (Lipinski definition) is 15. The van der Waals surface area contributed by atoms with E-state index in [9.17, 15) is 20.3 Å². The van der Waals surface area contributed by atoms with Gasteiger partial charge in [0.05, 0.1) is 129 Å². The van der Waals surface area contributed by atoms with Gasteiger partial charge in [0.15, 0.2) is 11.5 Å². The predicted octanol–water partition coefficient (Wildman–Crippen LogP) is 15.9. The van der Waals surface area contributed by atoms with Gasteiger partial charge < -0.3 is 72.4 Å². The molecule has 1 N–H and O–H groups in total. The number of aromatic carboxylic acids is 1. The zero-order valence-electron chi connectivity index (χ0n) is 77.2. The Morgan fingerprint density at radius 1 is 0.376 bits per heavy atom. The van der Waals surface area contributed by atoms with Crippen molar-refractivity contribution in [1.82, 2.24) is 0 Å². The number of methoxy groups -OCH3 is 2. The molecule has 3 aliphatic rings. The number of carbonyl (C=O) groups is 1. The Morgan fingerprint density at radius 2 is 0.720 bits per heavy atom. The summed E-state index contributed by atoms with van der Waals surface area (Å²) in [7, 11) is 3.26. The Labute approximate surface area is 865 Å². The molecule has 8 aromatic rings. The molecule has 0 aliphatic heterocycles. The average molecular weight is 1950 g/mol. The van der Waals surface area contributed by atoms with Crippen molar-refractivity contribution in [2.75, 3.05) is 133 Å². The van der Waals surface area contributed by atoms with Crippen LogP contribution in [0.1, 0.15) is 284 Å². The van der Waals surface area contributed by atoms with E-state index in [4.69, 9.17) is 56.7 Å². The summed E-state index contributed by atoms with van der Waals surface area (Å²) in [5.74, 6) is -1.35. The van der Waals surface area contributed by atoms with Gasteiger partial charge in [0, 0.05) is 30.6 Å². The summed E-state index contributed by atoms with van der Waals surface area (Å²) in [5.41, 5.74) is 19.8. The largest absolute Gasteiger partial charge is 1.00 e. The minimum atomic E-state index is -1.48. The molecule has 8 aromatic carbocycles. The van der Waals surface area contributed by atoms with Crippen molar-refractivity contribution in [1.29, 1.82) is 0 Å². The van der Waals surface area contributed by atoms with Crippen LogP contribution < -0.4 is 158 Å². The van der Waals surface area contributed by atoms with E-state index in [1.54, 1.807) is 20.3 Å². The topological polar surface area (TPSA) is 196 Å². The van der Waals surface area contributed by atoms with Crippen LogP contribution in [0.2, 0.25) is 0 Å². The molecule has 3 aliphatic carbocycles. The van der Waals surface area contributed by atoms with Gasteiger partial charge in [0.1, 0.15) is 13.2 Å². The van der Waals surface area contributed by atoms with Gasteiger partial charge in [0.2, 0.25) is 0 Å². The van der Waals surface area contributed by atoms with Crippen molar-refractivity contribution in [3.8, 4) is 67.1 Å². The first kappa shape index (κ1) is 105. The molecule has 125 heavy (non-hydrogen) atoms. The Hall–Kier alpha value is -4.00. The maximum Gasteiger partial charge on any atom is 1.00 e. The second kappa shape index (κ2) is 56.8. The fourth-order valence-electron chi connectivity index (χ4n) is 19.5. The van der Waals surface area contributed by atoms with E-state index in [1.165, 1.54) is 179 Å². The molecule has 0 heterocycles. The summed E-state index contributed by atoms with van der Waals surface area (Å²) >= 11 is 0. The maximum absolute atomic E-state index is 14.7. The molecule has 0 spiro atoms. The first-order chi connectivity index (χ1) is 60.5. The second-order valence-electron chi connectivity index (χ2n) is 34.0. The number of carboxylic acid groups (broad SMARTS) is 1. The van der Waals surface area contributed by atoms with Crippen LogP contribution in [-0.4, -0.2) is 151 Å². The van der Waals surface area contributed by atoms with Gasteiger partial charge in [-0.05, 0) is 186 Å². The van der Waals surface area contributed by atoms with Crippen molar-refractivity contribution in [3.63, 3.8) is 0 Å². The van der Waals surface area contributed by atoms with Crippen LogP contribution in [0.4, 0.5) is 0 Å². The Balaban J connectivity index is 0.00000884. The molecule has 0 unspecified atom stereocenters. The third-order valence-corrected chi connectivity index (χ3v) is 25.8. The molecular formula is C107H141Cs2O16+. The number of carboxylic acids is 1. The monoisotopic (exact) mass is 1950 g/mol. The summed E-state index contributed by atoms with van der Waals surface area (Å²) in [6.45, 7) is 15.6. The fraction of sp³-hybridized carbons (Fsp3) is 0.533. The van der Waals surface area contributed by atoms with E-state index in [2.05, 4.69) is 155 Å².